The Morgan fingerprint density at radius 3 is 2.70 bits per heavy atom. The van der Waals surface area contributed by atoms with Crippen LogP contribution in [0.5, 0.6) is 0 Å². The molecule has 1 aromatic heterocycles. The van der Waals surface area contributed by atoms with Crippen molar-refractivity contribution < 1.29 is 4.79 Å². The average molecular weight is 311 g/mol. The van der Waals surface area contributed by atoms with Crippen molar-refractivity contribution in [1.82, 2.24) is 15.3 Å². The molecule has 0 radical (unpaired) electrons. The molecule has 122 valence electrons. The molecule has 2 heterocycles. The first-order valence-electron chi connectivity index (χ1n) is 8.51. The monoisotopic (exact) mass is 311 g/mol. The zero-order valence-corrected chi connectivity index (χ0v) is 14.1. The van der Waals surface area contributed by atoms with E-state index in [9.17, 15) is 4.79 Å². The number of ketones is 1. The number of hydrogen-bond donors (Lipinski definition) is 1. The molecule has 1 aromatic carbocycles. The molecule has 2 aromatic rings. The molecule has 4 heteroatoms. The van der Waals surface area contributed by atoms with E-state index in [1.54, 1.807) is 12.4 Å². The van der Waals surface area contributed by atoms with Crippen LogP contribution < -0.4 is 5.32 Å². The summed E-state index contributed by atoms with van der Waals surface area (Å²) in [6, 6.07) is 6.24. The van der Waals surface area contributed by atoms with Crippen molar-refractivity contribution in [2.45, 2.75) is 39.7 Å². The SMILES string of the molecule is CC1CNC(C(=O)C(C)C(C)Cc2ccc3nccnc3c2)C1. The molecule has 4 unspecified atom stereocenters. The van der Waals surface area contributed by atoms with Gasteiger partial charge in [-0.15, -0.1) is 0 Å². The van der Waals surface area contributed by atoms with Crippen LogP contribution in [-0.4, -0.2) is 28.3 Å². The second kappa shape index (κ2) is 6.75. The van der Waals surface area contributed by atoms with Gasteiger partial charge in [-0.3, -0.25) is 14.8 Å². The maximum absolute atomic E-state index is 12.7. The van der Waals surface area contributed by atoms with Gasteiger partial charge in [0.1, 0.15) is 0 Å². The molecule has 1 aliphatic rings. The first kappa shape index (κ1) is 16.1. The van der Waals surface area contributed by atoms with E-state index in [0.717, 1.165) is 30.4 Å². The van der Waals surface area contributed by atoms with Gasteiger partial charge in [0.15, 0.2) is 5.78 Å². The highest BCUT2D eigenvalue weighted by atomic mass is 16.1. The van der Waals surface area contributed by atoms with Crippen molar-refractivity contribution in [3.05, 3.63) is 36.2 Å². The molecule has 0 aliphatic carbocycles. The molecule has 0 saturated carbocycles. The van der Waals surface area contributed by atoms with Gasteiger partial charge < -0.3 is 5.32 Å². The fourth-order valence-corrected chi connectivity index (χ4v) is 3.41. The van der Waals surface area contributed by atoms with Gasteiger partial charge in [-0.1, -0.05) is 26.8 Å². The quantitative estimate of drug-likeness (QED) is 0.922. The Morgan fingerprint density at radius 2 is 2.00 bits per heavy atom. The van der Waals surface area contributed by atoms with Crippen LogP contribution >= 0.6 is 0 Å². The number of fused-ring (bicyclic) bond motifs is 1. The van der Waals surface area contributed by atoms with Crippen molar-refractivity contribution in [1.29, 1.82) is 0 Å². The van der Waals surface area contributed by atoms with Gasteiger partial charge in [0, 0.05) is 18.3 Å². The molecular formula is C19H25N3O. The Labute approximate surface area is 137 Å². The molecule has 1 N–H and O–H groups in total. The van der Waals surface area contributed by atoms with Gasteiger partial charge in [-0.2, -0.15) is 0 Å². The molecule has 1 saturated heterocycles. The minimum absolute atomic E-state index is 0.0462. The molecule has 23 heavy (non-hydrogen) atoms. The Morgan fingerprint density at radius 1 is 1.26 bits per heavy atom. The van der Waals surface area contributed by atoms with Crippen LogP contribution in [-0.2, 0) is 11.2 Å². The summed E-state index contributed by atoms with van der Waals surface area (Å²) in [5.41, 5.74) is 3.05. The maximum Gasteiger partial charge on any atom is 0.152 e. The van der Waals surface area contributed by atoms with Crippen molar-refractivity contribution in [2.75, 3.05) is 6.54 Å². The van der Waals surface area contributed by atoms with Crippen LogP contribution in [0.4, 0.5) is 0 Å². The van der Waals surface area contributed by atoms with E-state index in [-0.39, 0.29) is 12.0 Å². The number of Topliss-reactive ketones (excluding diaryl/α,β-unsaturated/α-hetero) is 1. The lowest BCUT2D eigenvalue weighted by Crippen LogP contribution is -2.37. The summed E-state index contributed by atoms with van der Waals surface area (Å²) in [5.74, 6) is 1.35. The highest BCUT2D eigenvalue weighted by molar-refractivity contribution is 5.86. The number of aromatic nitrogens is 2. The highest BCUT2D eigenvalue weighted by Gasteiger charge is 2.32. The number of benzene rings is 1. The summed E-state index contributed by atoms with van der Waals surface area (Å²) in [5, 5.41) is 3.36. The molecule has 0 bridgehead atoms. The minimum atomic E-state index is 0.0462. The van der Waals surface area contributed by atoms with E-state index in [1.807, 2.05) is 6.07 Å². The summed E-state index contributed by atoms with van der Waals surface area (Å²) >= 11 is 0. The summed E-state index contributed by atoms with van der Waals surface area (Å²) in [6.07, 6.45) is 5.29. The zero-order chi connectivity index (χ0) is 16.4. The Kier molecular flexibility index (Phi) is 4.71. The molecule has 1 aliphatic heterocycles. The van der Waals surface area contributed by atoms with Crippen LogP contribution in [0.3, 0.4) is 0 Å². The Bertz CT molecular complexity index is 700. The average Bonchev–Trinajstić information content (AvgIpc) is 2.99. The van der Waals surface area contributed by atoms with Crippen LogP contribution in [0.2, 0.25) is 0 Å². The van der Waals surface area contributed by atoms with E-state index in [1.165, 1.54) is 5.56 Å². The third kappa shape index (κ3) is 3.58. The topological polar surface area (TPSA) is 54.9 Å². The lowest BCUT2D eigenvalue weighted by atomic mass is 9.83. The summed E-state index contributed by atoms with van der Waals surface area (Å²) in [7, 11) is 0. The van der Waals surface area contributed by atoms with Gasteiger partial charge in [0.05, 0.1) is 17.1 Å². The first-order chi connectivity index (χ1) is 11.0. The van der Waals surface area contributed by atoms with E-state index >= 15 is 0 Å². The molecule has 0 spiro atoms. The van der Waals surface area contributed by atoms with E-state index < -0.39 is 0 Å². The highest BCUT2D eigenvalue weighted by Crippen LogP contribution is 2.24. The molecule has 3 rings (SSSR count). The molecule has 4 nitrogen and oxygen atoms in total. The number of carbonyl (C=O) groups is 1. The van der Waals surface area contributed by atoms with Crippen molar-refractivity contribution in [2.24, 2.45) is 17.8 Å². The van der Waals surface area contributed by atoms with Gasteiger partial charge in [-0.25, -0.2) is 0 Å². The summed E-state index contributed by atoms with van der Waals surface area (Å²) < 4.78 is 0. The third-order valence-electron chi connectivity index (χ3n) is 5.09. The minimum Gasteiger partial charge on any atom is -0.307 e. The number of hydrogen-bond acceptors (Lipinski definition) is 4. The van der Waals surface area contributed by atoms with Crippen LogP contribution in [0.1, 0.15) is 32.8 Å². The van der Waals surface area contributed by atoms with Crippen molar-refractivity contribution >= 4 is 16.8 Å². The fourth-order valence-electron chi connectivity index (χ4n) is 3.41. The van der Waals surface area contributed by atoms with E-state index in [2.05, 4.69) is 48.2 Å². The fraction of sp³-hybridized carbons (Fsp3) is 0.526. The number of nitrogens with one attached hydrogen (secondary N) is 1. The van der Waals surface area contributed by atoms with Gasteiger partial charge >= 0.3 is 0 Å². The lowest BCUT2D eigenvalue weighted by molar-refractivity contribution is -0.125. The molecule has 0 amide bonds. The second-order valence-electron chi connectivity index (χ2n) is 7.05. The lowest BCUT2D eigenvalue weighted by Gasteiger charge is -2.22. The predicted molar refractivity (Wildman–Crippen MR) is 92.1 cm³/mol. The van der Waals surface area contributed by atoms with E-state index in [0.29, 0.717) is 17.6 Å². The number of rotatable bonds is 5. The first-order valence-corrected chi connectivity index (χ1v) is 8.51. The zero-order valence-electron chi connectivity index (χ0n) is 14.1. The van der Waals surface area contributed by atoms with Crippen LogP contribution in [0, 0.1) is 17.8 Å². The predicted octanol–water partition coefficient (Wildman–Crippen LogP) is 3.01. The standard InChI is InChI=1S/C19H25N3O/c1-12-8-18(22-11-12)19(23)14(3)13(2)9-15-4-5-16-17(10-15)21-7-6-20-16/h4-7,10,12-14,18,22H,8-9,11H2,1-3H3. The summed E-state index contributed by atoms with van der Waals surface area (Å²) in [6.45, 7) is 7.39. The largest absolute Gasteiger partial charge is 0.307 e. The van der Waals surface area contributed by atoms with Crippen molar-refractivity contribution in [3.63, 3.8) is 0 Å². The van der Waals surface area contributed by atoms with E-state index in [4.69, 9.17) is 0 Å². The van der Waals surface area contributed by atoms with Gasteiger partial charge in [0.2, 0.25) is 0 Å². The third-order valence-corrected chi connectivity index (χ3v) is 5.09. The molecular weight excluding hydrogens is 286 g/mol. The van der Waals surface area contributed by atoms with Crippen molar-refractivity contribution in [3.8, 4) is 0 Å². The second-order valence-corrected chi connectivity index (χ2v) is 7.05. The number of nitrogens with zero attached hydrogens (tertiary/aromatic N) is 2. The van der Waals surface area contributed by atoms with Crippen LogP contribution in [0.15, 0.2) is 30.6 Å². The molecule has 1 fully saturated rings. The maximum atomic E-state index is 12.7. The van der Waals surface area contributed by atoms with Crippen LogP contribution in [0.25, 0.3) is 11.0 Å². The number of carbonyl (C=O) groups excluding carboxylic acids is 1. The summed E-state index contributed by atoms with van der Waals surface area (Å²) in [4.78, 5) is 21.3. The van der Waals surface area contributed by atoms with Gasteiger partial charge in [0.25, 0.3) is 0 Å². The Balaban J connectivity index is 1.67. The normalized spacial score (nSPS) is 23.8. The van der Waals surface area contributed by atoms with Gasteiger partial charge in [-0.05, 0) is 48.9 Å². The molecule has 4 atom stereocenters. The smallest absolute Gasteiger partial charge is 0.152 e. The Hall–Kier alpha value is -1.81.